The molecule has 2 N–H and O–H groups in total. The topological polar surface area (TPSA) is 97.3 Å². The Morgan fingerprint density at radius 1 is 1.07 bits per heavy atom. The Bertz CT molecular complexity index is 1600. The number of benzene rings is 2. The van der Waals surface area contributed by atoms with Crippen molar-refractivity contribution in [2.45, 2.75) is 39.8 Å². The molecule has 41 heavy (non-hydrogen) atoms. The van der Waals surface area contributed by atoms with Crippen LogP contribution in [0.15, 0.2) is 61.1 Å². The van der Waals surface area contributed by atoms with Gasteiger partial charge in [0.1, 0.15) is 11.7 Å². The normalized spacial score (nSPS) is 14.4. The second-order valence-electron chi connectivity index (χ2n) is 11.4. The van der Waals surface area contributed by atoms with Gasteiger partial charge in [0.25, 0.3) is 0 Å². The first-order chi connectivity index (χ1) is 19.7. The van der Waals surface area contributed by atoms with Gasteiger partial charge in [-0.05, 0) is 62.6 Å². The zero-order valence-corrected chi connectivity index (χ0v) is 24.1. The van der Waals surface area contributed by atoms with Crippen LogP contribution < -0.4 is 5.32 Å². The molecule has 4 aromatic rings. The van der Waals surface area contributed by atoms with E-state index in [1.54, 1.807) is 17.3 Å². The first-order valence-electron chi connectivity index (χ1n) is 13.9. The number of nitrogens with zero attached hydrogens (tertiary/aromatic N) is 4. The number of rotatable bonds is 6. The molecular formula is C33H36N6O2. The zero-order chi connectivity index (χ0) is 29.0. The van der Waals surface area contributed by atoms with E-state index in [1.165, 1.54) is 5.56 Å². The average Bonchev–Trinajstić information content (AvgIpc) is 3.44. The molecule has 0 atom stereocenters. The number of aromatic amines is 1. The van der Waals surface area contributed by atoms with Crippen LogP contribution in [-0.2, 0) is 11.3 Å². The van der Waals surface area contributed by atoms with Crippen LogP contribution in [0.4, 0.5) is 16.2 Å². The number of piperazine rings is 1. The van der Waals surface area contributed by atoms with Crippen LogP contribution >= 0.6 is 0 Å². The molecule has 1 aliphatic heterocycles. The van der Waals surface area contributed by atoms with Crippen molar-refractivity contribution < 1.29 is 9.53 Å². The number of carbonyl (C=O) groups is 1. The van der Waals surface area contributed by atoms with E-state index in [-0.39, 0.29) is 6.09 Å². The maximum absolute atomic E-state index is 12.3. The van der Waals surface area contributed by atoms with Crippen LogP contribution in [0.3, 0.4) is 0 Å². The van der Waals surface area contributed by atoms with Crippen LogP contribution in [0.5, 0.6) is 0 Å². The molecule has 0 aliphatic carbocycles. The Hall–Kier alpha value is -4.61. The summed E-state index contributed by atoms with van der Waals surface area (Å²) in [6.45, 7) is 11.5. The zero-order valence-electron chi connectivity index (χ0n) is 24.1. The lowest BCUT2D eigenvalue weighted by Crippen LogP contribution is -2.49. The van der Waals surface area contributed by atoms with Gasteiger partial charge < -0.3 is 19.9 Å². The fourth-order valence-corrected chi connectivity index (χ4v) is 4.97. The molecule has 1 saturated heterocycles. The number of pyridine rings is 1. The second-order valence-corrected chi connectivity index (χ2v) is 11.4. The van der Waals surface area contributed by atoms with E-state index in [2.05, 4.69) is 63.5 Å². The second kappa shape index (κ2) is 11.9. The van der Waals surface area contributed by atoms with Crippen molar-refractivity contribution in [3.05, 3.63) is 88.9 Å². The number of amides is 1. The summed E-state index contributed by atoms with van der Waals surface area (Å²) >= 11 is 0. The molecule has 1 aliphatic rings. The van der Waals surface area contributed by atoms with E-state index in [1.807, 2.05) is 51.3 Å². The molecule has 1 fully saturated rings. The van der Waals surface area contributed by atoms with Crippen molar-refractivity contribution in [2.75, 3.05) is 31.5 Å². The molecule has 0 unspecified atom stereocenters. The van der Waals surface area contributed by atoms with E-state index in [9.17, 15) is 10.1 Å². The standard InChI is InChI=1S/C33H36N6O2/c1-23-28-13-14-36-30(28)12-11-29(23)37-31-26(20-35-21-27(31)19-34)10-9-24-5-7-25(8-6-24)22-38-15-17-39(18-16-38)32(40)41-33(2,3)4/h5-14,20-21,36H,15-18,22H2,1-4H3,(H,35,37). The van der Waals surface area contributed by atoms with Gasteiger partial charge in [-0.2, -0.15) is 5.26 Å². The third kappa shape index (κ3) is 6.76. The van der Waals surface area contributed by atoms with Gasteiger partial charge in [0, 0.05) is 73.5 Å². The highest BCUT2D eigenvalue weighted by molar-refractivity contribution is 5.90. The van der Waals surface area contributed by atoms with E-state index < -0.39 is 5.60 Å². The van der Waals surface area contributed by atoms with E-state index in [0.717, 1.165) is 58.6 Å². The van der Waals surface area contributed by atoms with Crippen molar-refractivity contribution in [3.63, 3.8) is 0 Å². The molecular weight excluding hydrogens is 512 g/mol. The van der Waals surface area contributed by atoms with Crippen LogP contribution in [0.25, 0.3) is 23.1 Å². The SMILES string of the molecule is Cc1c(Nc2c(C#N)cncc2C=Cc2ccc(CN3CCN(C(=O)OC(C)(C)C)CC3)cc2)ccc2[nH]ccc12. The van der Waals surface area contributed by atoms with Gasteiger partial charge in [-0.3, -0.25) is 9.88 Å². The number of hydrogen-bond acceptors (Lipinski definition) is 6. The Morgan fingerprint density at radius 2 is 1.83 bits per heavy atom. The number of hydrogen-bond donors (Lipinski definition) is 2. The smallest absolute Gasteiger partial charge is 0.410 e. The van der Waals surface area contributed by atoms with Gasteiger partial charge in [0.05, 0.1) is 11.3 Å². The van der Waals surface area contributed by atoms with Crippen molar-refractivity contribution in [2.24, 2.45) is 0 Å². The summed E-state index contributed by atoms with van der Waals surface area (Å²) in [6.07, 6.45) is 9.08. The maximum Gasteiger partial charge on any atom is 0.410 e. The van der Waals surface area contributed by atoms with Gasteiger partial charge in [-0.25, -0.2) is 4.79 Å². The Kier molecular flexibility index (Phi) is 8.09. The maximum atomic E-state index is 12.3. The molecule has 0 spiro atoms. The minimum absolute atomic E-state index is 0.237. The predicted molar refractivity (Wildman–Crippen MR) is 164 cm³/mol. The molecule has 5 rings (SSSR count). The summed E-state index contributed by atoms with van der Waals surface area (Å²) in [4.78, 5) is 24.0. The molecule has 2 aromatic carbocycles. The molecule has 8 heteroatoms. The number of carbonyl (C=O) groups excluding carboxylic acids is 1. The lowest BCUT2D eigenvalue weighted by molar-refractivity contribution is 0.0139. The molecule has 1 amide bonds. The number of nitriles is 1. The quantitative estimate of drug-likeness (QED) is 0.278. The van der Waals surface area contributed by atoms with Gasteiger partial charge in [0.2, 0.25) is 0 Å². The average molecular weight is 549 g/mol. The third-order valence-corrected chi connectivity index (χ3v) is 7.22. The minimum Gasteiger partial charge on any atom is -0.444 e. The van der Waals surface area contributed by atoms with Crippen molar-refractivity contribution >= 4 is 40.5 Å². The Balaban J connectivity index is 1.24. The number of aromatic nitrogens is 2. The Morgan fingerprint density at radius 3 is 2.54 bits per heavy atom. The number of H-pyrrole nitrogens is 1. The molecule has 3 heterocycles. The lowest BCUT2D eigenvalue weighted by Gasteiger charge is -2.35. The molecule has 0 radical (unpaired) electrons. The summed E-state index contributed by atoms with van der Waals surface area (Å²) in [5, 5.41) is 14.4. The van der Waals surface area contributed by atoms with E-state index in [4.69, 9.17) is 4.74 Å². The first kappa shape index (κ1) is 27.9. The number of anilines is 2. The van der Waals surface area contributed by atoms with E-state index >= 15 is 0 Å². The number of aryl methyl sites for hydroxylation is 1. The fraction of sp³-hybridized carbons (Fsp3) is 0.303. The lowest BCUT2D eigenvalue weighted by atomic mass is 10.1. The summed E-state index contributed by atoms with van der Waals surface area (Å²) in [5.41, 5.74) is 7.00. The fourth-order valence-electron chi connectivity index (χ4n) is 4.97. The largest absolute Gasteiger partial charge is 0.444 e. The summed E-state index contributed by atoms with van der Waals surface area (Å²) in [6, 6.07) is 16.9. The molecule has 0 saturated carbocycles. The van der Waals surface area contributed by atoms with Gasteiger partial charge in [0.15, 0.2) is 0 Å². The monoisotopic (exact) mass is 548 g/mol. The Labute approximate surface area is 241 Å². The molecule has 2 aromatic heterocycles. The van der Waals surface area contributed by atoms with Gasteiger partial charge in [-0.15, -0.1) is 0 Å². The van der Waals surface area contributed by atoms with Crippen molar-refractivity contribution in [3.8, 4) is 6.07 Å². The highest BCUT2D eigenvalue weighted by Crippen LogP contribution is 2.31. The van der Waals surface area contributed by atoms with Crippen molar-refractivity contribution in [1.29, 1.82) is 5.26 Å². The predicted octanol–water partition coefficient (Wildman–Crippen LogP) is 6.71. The van der Waals surface area contributed by atoms with Crippen LogP contribution in [0.1, 0.15) is 48.6 Å². The van der Waals surface area contributed by atoms with Gasteiger partial charge in [-0.1, -0.05) is 36.4 Å². The molecule has 0 bridgehead atoms. The van der Waals surface area contributed by atoms with Crippen LogP contribution in [-0.4, -0.2) is 57.6 Å². The first-order valence-corrected chi connectivity index (χ1v) is 13.9. The molecule has 210 valence electrons. The number of ether oxygens (including phenoxy) is 1. The highest BCUT2D eigenvalue weighted by Gasteiger charge is 2.25. The third-order valence-electron chi connectivity index (χ3n) is 7.22. The van der Waals surface area contributed by atoms with Crippen molar-refractivity contribution in [1.82, 2.24) is 19.8 Å². The minimum atomic E-state index is -0.478. The number of nitrogens with one attached hydrogen (secondary N) is 2. The molecule has 8 nitrogen and oxygen atoms in total. The highest BCUT2D eigenvalue weighted by atomic mass is 16.6. The van der Waals surface area contributed by atoms with E-state index in [0.29, 0.717) is 18.7 Å². The van der Waals surface area contributed by atoms with Crippen LogP contribution in [0.2, 0.25) is 0 Å². The summed E-state index contributed by atoms with van der Waals surface area (Å²) in [5.74, 6) is 0. The number of fused-ring (bicyclic) bond motifs is 1. The van der Waals surface area contributed by atoms with Gasteiger partial charge >= 0.3 is 6.09 Å². The van der Waals surface area contributed by atoms with Crippen LogP contribution in [0, 0.1) is 18.3 Å². The summed E-state index contributed by atoms with van der Waals surface area (Å²) in [7, 11) is 0. The summed E-state index contributed by atoms with van der Waals surface area (Å²) < 4.78 is 5.50.